The highest BCUT2D eigenvalue weighted by Crippen LogP contribution is 2.43. The quantitative estimate of drug-likeness (QED) is 0.454. The summed E-state index contributed by atoms with van der Waals surface area (Å²) in [5.74, 6) is -1.29. The van der Waals surface area contributed by atoms with E-state index in [0.717, 1.165) is 6.33 Å². The number of ether oxygens (including phenoxy) is 3. The number of nitrogens with two attached hydrogens (primary N) is 1. The first-order valence-corrected chi connectivity index (χ1v) is 7.89. The van der Waals surface area contributed by atoms with Gasteiger partial charge in [-0.15, -0.1) is 0 Å². The second-order valence-electron chi connectivity index (χ2n) is 6.20. The Kier molecular flexibility index (Phi) is 4.43. The van der Waals surface area contributed by atoms with Crippen LogP contribution < -0.4 is 5.73 Å². The number of nitro groups is 1. The van der Waals surface area contributed by atoms with E-state index in [-0.39, 0.29) is 29.1 Å². The number of rotatable bonds is 4. The summed E-state index contributed by atoms with van der Waals surface area (Å²) in [7, 11) is 0. The van der Waals surface area contributed by atoms with Crippen LogP contribution in [0.4, 0.5) is 11.5 Å². The van der Waals surface area contributed by atoms with E-state index in [0.29, 0.717) is 0 Å². The van der Waals surface area contributed by atoms with Crippen molar-refractivity contribution in [3.05, 3.63) is 22.6 Å². The molecule has 144 valence electrons. The van der Waals surface area contributed by atoms with E-state index in [1.54, 1.807) is 0 Å². The van der Waals surface area contributed by atoms with Crippen LogP contribution in [-0.4, -0.2) is 49.7 Å². The molecule has 3 rings (SSSR count). The average Bonchev–Trinajstić information content (AvgIpc) is 3.06. The van der Waals surface area contributed by atoms with Crippen molar-refractivity contribution in [3.63, 3.8) is 0 Å². The van der Waals surface area contributed by atoms with Gasteiger partial charge in [0.1, 0.15) is 17.5 Å². The van der Waals surface area contributed by atoms with Crippen LogP contribution in [0.1, 0.15) is 27.0 Å². The van der Waals surface area contributed by atoms with E-state index in [9.17, 15) is 19.7 Å². The lowest BCUT2D eigenvalue weighted by atomic mass is 9.99. The van der Waals surface area contributed by atoms with E-state index in [1.807, 2.05) is 0 Å². The van der Waals surface area contributed by atoms with Crippen molar-refractivity contribution in [2.45, 2.75) is 38.7 Å². The number of hydrogen-bond acceptors (Lipinski definition) is 10. The van der Waals surface area contributed by atoms with Gasteiger partial charge in [0.05, 0.1) is 17.7 Å². The van der Waals surface area contributed by atoms with Crippen molar-refractivity contribution in [2.75, 3.05) is 12.3 Å². The van der Waals surface area contributed by atoms with Gasteiger partial charge in [-0.3, -0.25) is 24.3 Å². The molecule has 12 nitrogen and oxygen atoms in total. The van der Waals surface area contributed by atoms with Crippen LogP contribution in [0.15, 0.2) is 12.5 Å². The zero-order chi connectivity index (χ0) is 19.9. The molecule has 0 radical (unpaired) electrons. The lowest BCUT2D eigenvalue weighted by Crippen LogP contribution is -2.47. The van der Waals surface area contributed by atoms with Gasteiger partial charge < -0.3 is 19.9 Å². The summed E-state index contributed by atoms with van der Waals surface area (Å²) >= 11 is 0. The number of anilines is 1. The Morgan fingerprint density at radius 1 is 1.41 bits per heavy atom. The van der Waals surface area contributed by atoms with Gasteiger partial charge in [0.15, 0.2) is 23.6 Å². The van der Waals surface area contributed by atoms with Gasteiger partial charge in [-0.2, -0.15) is 0 Å². The molecule has 0 spiro atoms. The highest BCUT2D eigenvalue weighted by atomic mass is 16.6. The van der Waals surface area contributed by atoms with Gasteiger partial charge >= 0.3 is 11.9 Å². The number of fused-ring (bicyclic) bond motifs is 1. The topological polar surface area (TPSA) is 162 Å². The largest absolute Gasteiger partial charge is 0.456 e. The number of carbonyl (C=O) groups is 2. The normalized spacial score (nSPS) is 24.7. The molecule has 0 saturated carbocycles. The fourth-order valence-electron chi connectivity index (χ4n) is 3.21. The molecular formula is C15H17N5O7. The Morgan fingerprint density at radius 3 is 2.70 bits per heavy atom. The van der Waals surface area contributed by atoms with Crippen LogP contribution >= 0.6 is 0 Å². The molecule has 27 heavy (non-hydrogen) atoms. The van der Waals surface area contributed by atoms with Crippen LogP contribution in [0.2, 0.25) is 0 Å². The molecule has 0 aliphatic carbocycles. The highest BCUT2D eigenvalue weighted by Gasteiger charge is 2.55. The maximum absolute atomic E-state index is 11.7. The zero-order valence-electron chi connectivity index (χ0n) is 14.7. The van der Waals surface area contributed by atoms with Crippen LogP contribution in [0.25, 0.3) is 11.0 Å². The minimum atomic E-state index is -1.45. The highest BCUT2D eigenvalue weighted by molar-refractivity contribution is 5.95. The lowest BCUT2D eigenvalue weighted by Gasteiger charge is -2.33. The summed E-state index contributed by atoms with van der Waals surface area (Å²) in [4.78, 5) is 41.7. The van der Waals surface area contributed by atoms with Crippen molar-refractivity contribution in [2.24, 2.45) is 0 Å². The number of nitrogens with zero attached hydrogens (tertiary/aromatic N) is 4. The van der Waals surface area contributed by atoms with E-state index in [2.05, 4.69) is 9.97 Å². The first-order chi connectivity index (χ1) is 12.6. The maximum Gasteiger partial charge on any atom is 0.303 e. The number of hydrogen-bond donors (Lipinski definition) is 1. The third kappa shape index (κ3) is 3.03. The third-order valence-corrected chi connectivity index (χ3v) is 4.28. The predicted molar refractivity (Wildman–Crippen MR) is 89.3 cm³/mol. The van der Waals surface area contributed by atoms with Crippen molar-refractivity contribution in [1.29, 1.82) is 0 Å². The summed E-state index contributed by atoms with van der Waals surface area (Å²) in [5.41, 5.74) is 4.14. The molecule has 0 aromatic carbocycles. The van der Waals surface area contributed by atoms with E-state index in [1.165, 1.54) is 31.5 Å². The summed E-state index contributed by atoms with van der Waals surface area (Å²) in [6.07, 6.45) is 0.369. The Balaban J connectivity index is 2.17. The molecule has 3 heterocycles. The van der Waals surface area contributed by atoms with Gasteiger partial charge in [-0.1, -0.05) is 0 Å². The standard InChI is InChI=1S/C15H17N5O7/c1-7(21)26-10-5-25-14(15(10,3)27-8(2)22)19-4-9(20(23)24)11-12(16)17-6-18-13(11)19/h4,6,10,14H,5H2,1-3H3,(H2,16,17,18)/t10-,14-,15-/m1/s1. The molecule has 1 fully saturated rings. The van der Waals surface area contributed by atoms with Gasteiger partial charge in [-0.05, 0) is 6.92 Å². The van der Waals surface area contributed by atoms with Crippen LogP contribution in [0.3, 0.4) is 0 Å². The monoisotopic (exact) mass is 379 g/mol. The second-order valence-corrected chi connectivity index (χ2v) is 6.20. The van der Waals surface area contributed by atoms with Crippen LogP contribution in [0, 0.1) is 10.1 Å². The molecular weight excluding hydrogens is 362 g/mol. The van der Waals surface area contributed by atoms with E-state index in [4.69, 9.17) is 19.9 Å². The molecule has 0 amide bonds. The Morgan fingerprint density at radius 2 is 2.11 bits per heavy atom. The minimum Gasteiger partial charge on any atom is -0.456 e. The molecule has 1 aliphatic heterocycles. The van der Waals surface area contributed by atoms with Crippen molar-refractivity contribution >= 4 is 34.5 Å². The second kappa shape index (κ2) is 6.46. The first kappa shape index (κ1) is 18.5. The van der Waals surface area contributed by atoms with Crippen molar-refractivity contribution in [1.82, 2.24) is 14.5 Å². The number of carbonyl (C=O) groups excluding carboxylic acids is 2. The number of nitrogen functional groups attached to an aromatic ring is 1. The fraction of sp³-hybridized carbons (Fsp3) is 0.467. The molecule has 2 aromatic heterocycles. The van der Waals surface area contributed by atoms with Gasteiger partial charge in [0, 0.05) is 13.8 Å². The first-order valence-electron chi connectivity index (χ1n) is 7.89. The molecule has 2 aromatic rings. The zero-order valence-corrected chi connectivity index (χ0v) is 14.7. The Labute approximate surface area is 152 Å². The third-order valence-electron chi connectivity index (χ3n) is 4.28. The van der Waals surface area contributed by atoms with Gasteiger partial charge in [0.2, 0.25) is 0 Å². The van der Waals surface area contributed by atoms with Crippen molar-refractivity contribution < 1.29 is 28.7 Å². The Hall–Kier alpha value is -3.28. The maximum atomic E-state index is 11.7. The lowest BCUT2D eigenvalue weighted by molar-refractivity contribution is -0.383. The van der Waals surface area contributed by atoms with E-state index < -0.39 is 34.8 Å². The summed E-state index contributed by atoms with van der Waals surface area (Å²) < 4.78 is 17.7. The molecule has 1 saturated heterocycles. The smallest absolute Gasteiger partial charge is 0.303 e. The minimum absolute atomic E-state index is 0.0345. The predicted octanol–water partition coefficient (Wildman–Crippen LogP) is 0.704. The summed E-state index contributed by atoms with van der Waals surface area (Å²) in [6, 6.07) is 0. The Bertz CT molecular complexity index is 942. The molecule has 3 atom stereocenters. The summed E-state index contributed by atoms with van der Waals surface area (Å²) in [5, 5.41) is 11.5. The molecule has 1 aliphatic rings. The molecule has 2 N–H and O–H groups in total. The van der Waals surface area contributed by atoms with Crippen LogP contribution in [0.5, 0.6) is 0 Å². The molecule has 0 unspecified atom stereocenters. The number of aromatic nitrogens is 3. The van der Waals surface area contributed by atoms with E-state index >= 15 is 0 Å². The molecule has 12 heteroatoms. The SMILES string of the molecule is CC(=O)O[C@@H]1CO[C@@H](n2cc([N+](=O)[O-])c3c(N)ncnc32)[C@]1(C)OC(C)=O. The van der Waals surface area contributed by atoms with Crippen LogP contribution in [-0.2, 0) is 23.8 Å². The van der Waals surface area contributed by atoms with Gasteiger partial charge in [0.25, 0.3) is 5.69 Å². The molecule has 0 bridgehead atoms. The fourth-order valence-corrected chi connectivity index (χ4v) is 3.21. The summed E-state index contributed by atoms with van der Waals surface area (Å²) in [6.45, 7) is 3.84. The number of esters is 2. The van der Waals surface area contributed by atoms with Crippen molar-refractivity contribution in [3.8, 4) is 0 Å². The average molecular weight is 379 g/mol. The van der Waals surface area contributed by atoms with Gasteiger partial charge in [-0.25, -0.2) is 9.97 Å².